The zero-order valence-corrected chi connectivity index (χ0v) is 11.4. The minimum atomic E-state index is -3.31. The second-order valence-electron chi connectivity index (χ2n) is 4.87. The van der Waals surface area contributed by atoms with E-state index in [0.717, 1.165) is 13.1 Å². The summed E-state index contributed by atoms with van der Waals surface area (Å²) >= 11 is 0. The summed E-state index contributed by atoms with van der Waals surface area (Å²) in [6, 6.07) is 0. The van der Waals surface area contributed by atoms with Crippen molar-refractivity contribution in [1.82, 2.24) is 9.62 Å². The molecule has 0 spiro atoms. The van der Waals surface area contributed by atoms with E-state index in [2.05, 4.69) is 5.32 Å². The highest BCUT2D eigenvalue weighted by Gasteiger charge is 2.40. The Morgan fingerprint density at radius 2 is 1.94 bits per heavy atom. The Morgan fingerprint density at radius 3 is 2.50 bits per heavy atom. The lowest BCUT2D eigenvalue weighted by Crippen LogP contribution is -2.34. The Kier molecular flexibility index (Phi) is 4.24. The van der Waals surface area contributed by atoms with Crippen LogP contribution < -0.4 is 5.32 Å². The predicted octanol–water partition coefficient (Wildman–Crippen LogP) is -0.579. The first-order chi connectivity index (χ1) is 8.53. The minimum absolute atomic E-state index is 0.0553. The third-order valence-electron chi connectivity index (χ3n) is 3.62. The number of nitrogens with one attached hydrogen (secondary N) is 1. The van der Waals surface area contributed by atoms with E-state index in [-0.39, 0.29) is 12.2 Å². The molecule has 0 aliphatic carbocycles. The van der Waals surface area contributed by atoms with Gasteiger partial charge >= 0.3 is 5.97 Å². The molecule has 2 fully saturated rings. The molecule has 0 aromatic carbocycles. The summed E-state index contributed by atoms with van der Waals surface area (Å²) in [5, 5.41) is 3.27. The van der Waals surface area contributed by atoms with Gasteiger partial charge in [-0.1, -0.05) is 0 Å². The molecular weight excluding hydrogens is 256 g/mol. The predicted molar refractivity (Wildman–Crippen MR) is 66.5 cm³/mol. The smallest absolute Gasteiger partial charge is 0.306 e. The van der Waals surface area contributed by atoms with Crippen LogP contribution in [0.1, 0.15) is 13.3 Å². The molecule has 2 saturated heterocycles. The lowest BCUT2D eigenvalue weighted by molar-refractivity contribution is -0.142. The fourth-order valence-corrected chi connectivity index (χ4v) is 4.13. The second kappa shape index (κ2) is 5.54. The normalized spacial score (nSPS) is 28.3. The molecule has 2 atom stereocenters. The van der Waals surface area contributed by atoms with Crippen LogP contribution in [0.3, 0.4) is 0 Å². The number of ether oxygens (including phenoxy) is 1. The molecule has 0 bridgehead atoms. The topological polar surface area (TPSA) is 75.7 Å². The van der Waals surface area contributed by atoms with E-state index in [1.54, 1.807) is 6.92 Å². The first-order valence-electron chi connectivity index (χ1n) is 6.37. The molecule has 0 saturated carbocycles. The fraction of sp³-hybridized carbons (Fsp3) is 0.909. The molecule has 0 aromatic rings. The van der Waals surface area contributed by atoms with E-state index in [1.807, 2.05) is 0 Å². The summed E-state index contributed by atoms with van der Waals surface area (Å²) in [5.41, 5.74) is 0. The third-order valence-corrected chi connectivity index (χ3v) is 5.42. The summed E-state index contributed by atoms with van der Waals surface area (Å²) in [5.74, 6) is 0.283. The Bertz CT molecular complexity index is 397. The zero-order valence-electron chi connectivity index (χ0n) is 10.6. The average molecular weight is 276 g/mol. The van der Waals surface area contributed by atoms with Crippen LogP contribution in [0.15, 0.2) is 0 Å². The van der Waals surface area contributed by atoms with Gasteiger partial charge in [-0.2, -0.15) is 0 Å². The number of sulfonamides is 1. The summed E-state index contributed by atoms with van der Waals surface area (Å²) < 4.78 is 30.4. The number of hydrogen-bond donors (Lipinski definition) is 1. The monoisotopic (exact) mass is 276 g/mol. The van der Waals surface area contributed by atoms with Crippen LogP contribution in [0.5, 0.6) is 0 Å². The Labute approximate surface area is 108 Å². The van der Waals surface area contributed by atoms with E-state index in [4.69, 9.17) is 4.74 Å². The maximum atomic E-state index is 12.1. The van der Waals surface area contributed by atoms with E-state index >= 15 is 0 Å². The van der Waals surface area contributed by atoms with Crippen molar-refractivity contribution < 1.29 is 17.9 Å². The van der Waals surface area contributed by atoms with E-state index in [0.29, 0.717) is 31.5 Å². The van der Waals surface area contributed by atoms with Crippen molar-refractivity contribution in [1.29, 1.82) is 0 Å². The van der Waals surface area contributed by atoms with Gasteiger partial charge in [0.05, 0.1) is 18.8 Å². The number of fused-ring (bicyclic) bond motifs is 1. The summed E-state index contributed by atoms with van der Waals surface area (Å²) in [7, 11) is -3.31. The van der Waals surface area contributed by atoms with Crippen molar-refractivity contribution in [3.05, 3.63) is 0 Å². The van der Waals surface area contributed by atoms with Gasteiger partial charge in [-0.05, 0) is 31.8 Å². The maximum Gasteiger partial charge on any atom is 0.306 e. The molecule has 18 heavy (non-hydrogen) atoms. The van der Waals surface area contributed by atoms with Gasteiger partial charge in [0.15, 0.2) is 0 Å². The Balaban J connectivity index is 1.86. The molecule has 2 aliphatic heterocycles. The van der Waals surface area contributed by atoms with Crippen LogP contribution in [0, 0.1) is 11.8 Å². The third kappa shape index (κ3) is 3.02. The Hall–Kier alpha value is -0.660. The van der Waals surface area contributed by atoms with Gasteiger partial charge in [-0.3, -0.25) is 4.79 Å². The van der Waals surface area contributed by atoms with Crippen LogP contribution in [0.25, 0.3) is 0 Å². The first kappa shape index (κ1) is 13.8. The standard InChI is InChI=1S/C11H20N2O4S/c1-2-17-11(14)3-4-18(15,16)13-7-9-5-12-6-10(9)8-13/h9-10,12H,2-8H2,1H3. The quantitative estimate of drug-likeness (QED) is 0.680. The van der Waals surface area contributed by atoms with Crippen LogP contribution in [-0.4, -0.2) is 57.2 Å². The number of nitrogens with zero attached hydrogens (tertiary/aromatic N) is 1. The van der Waals surface area contributed by atoms with Gasteiger partial charge in [0.25, 0.3) is 0 Å². The highest BCUT2D eigenvalue weighted by atomic mass is 32.2. The van der Waals surface area contributed by atoms with Crippen molar-refractivity contribution in [3.63, 3.8) is 0 Å². The van der Waals surface area contributed by atoms with E-state index in [1.165, 1.54) is 4.31 Å². The van der Waals surface area contributed by atoms with Gasteiger partial charge in [0.2, 0.25) is 10.0 Å². The van der Waals surface area contributed by atoms with E-state index < -0.39 is 16.0 Å². The van der Waals surface area contributed by atoms with Crippen LogP contribution in [0.4, 0.5) is 0 Å². The molecule has 2 rings (SSSR count). The minimum Gasteiger partial charge on any atom is -0.466 e. The van der Waals surface area contributed by atoms with Gasteiger partial charge in [-0.15, -0.1) is 0 Å². The highest BCUT2D eigenvalue weighted by molar-refractivity contribution is 7.89. The van der Waals surface area contributed by atoms with Crippen molar-refractivity contribution in [2.24, 2.45) is 11.8 Å². The molecule has 1 N–H and O–H groups in total. The summed E-state index contributed by atoms with van der Waals surface area (Å²) in [4.78, 5) is 11.2. The van der Waals surface area contributed by atoms with E-state index in [9.17, 15) is 13.2 Å². The van der Waals surface area contributed by atoms with Gasteiger partial charge in [-0.25, -0.2) is 12.7 Å². The number of esters is 1. The van der Waals surface area contributed by atoms with Crippen LogP contribution >= 0.6 is 0 Å². The molecule has 2 unspecified atom stereocenters. The molecule has 7 heteroatoms. The summed E-state index contributed by atoms with van der Waals surface area (Å²) in [6.45, 7) is 4.97. The van der Waals surface area contributed by atoms with Crippen molar-refractivity contribution in [3.8, 4) is 0 Å². The van der Waals surface area contributed by atoms with Gasteiger partial charge < -0.3 is 10.1 Å². The Morgan fingerprint density at radius 1 is 1.33 bits per heavy atom. The molecular formula is C11H20N2O4S. The molecule has 0 aromatic heterocycles. The molecule has 0 amide bonds. The lowest BCUT2D eigenvalue weighted by Gasteiger charge is -2.17. The van der Waals surface area contributed by atoms with Gasteiger partial charge in [0.1, 0.15) is 0 Å². The van der Waals surface area contributed by atoms with Crippen LogP contribution in [-0.2, 0) is 19.6 Å². The lowest BCUT2D eigenvalue weighted by atomic mass is 10.0. The molecule has 0 radical (unpaired) electrons. The molecule has 2 aliphatic rings. The van der Waals surface area contributed by atoms with Gasteiger partial charge in [0, 0.05) is 13.1 Å². The van der Waals surface area contributed by atoms with Crippen molar-refractivity contribution >= 4 is 16.0 Å². The molecule has 2 heterocycles. The molecule has 6 nitrogen and oxygen atoms in total. The zero-order chi connectivity index (χ0) is 13.2. The van der Waals surface area contributed by atoms with Crippen molar-refractivity contribution in [2.45, 2.75) is 13.3 Å². The highest BCUT2D eigenvalue weighted by Crippen LogP contribution is 2.28. The number of rotatable bonds is 5. The largest absolute Gasteiger partial charge is 0.466 e. The fourth-order valence-electron chi connectivity index (χ4n) is 2.61. The number of carbonyl (C=O) groups is 1. The van der Waals surface area contributed by atoms with Crippen LogP contribution in [0.2, 0.25) is 0 Å². The molecule has 104 valence electrons. The average Bonchev–Trinajstić information content (AvgIpc) is 2.87. The number of carbonyl (C=O) groups excluding carboxylic acids is 1. The first-order valence-corrected chi connectivity index (χ1v) is 7.98. The second-order valence-corrected chi connectivity index (χ2v) is 6.95. The summed E-state index contributed by atoms with van der Waals surface area (Å²) in [6.07, 6.45) is -0.0553. The number of hydrogen-bond acceptors (Lipinski definition) is 5. The van der Waals surface area contributed by atoms with Crippen molar-refractivity contribution in [2.75, 3.05) is 38.5 Å². The SMILES string of the molecule is CCOC(=O)CCS(=O)(=O)N1CC2CNCC2C1. The maximum absolute atomic E-state index is 12.1.